The maximum atomic E-state index is 13.6. The predicted molar refractivity (Wildman–Crippen MR) is 117 cm³/mol. The molecule has 3 aromatic rings. The Balaban J connectivity index is 1.43. The summed E-state index contributed by atoms with van der Waals surface area (Å²) < 4.78 is 49.9. The third-order valence-corrected chi connectivity index (χ3v) is 8.24. The van der Waals surface area contributed by atoms with Crippen LogP contribution in [0.15, 0.2) is 23.3 Å². The number of aromatic nitrogens is 5. The Hall–Kier alpha value is -2.75. The van der Waals surface area contributed by atoms with E-state index in [-0.39, 0.29) is 36.8 Å². The Bertz CT molecular complexity index is 1360. The van der Waals surface area contributed by atoms with E-state index in [4.69, 9.17) is 9.72 Å². The van der Waals surface area contributed by atoms with Gasteiger partial charge in [0.05, 0.1) is 34.3 Å². The highest BCUT2D eigenvalue weighted by Gasteiger charge is 2.79. The lowest BCUT2D eigenvalue weighted by Gasteiger charge is -2.70. The third-order valence-electron chi connectivity index (χ3n) is 8.24. The van der Waals surface area contributed by atoms with Gasteiger partial charge in [-0.15, -0.1) is 0 Å². The van der Waals surface area contributed by atoms with Crippen molar-refractivity contribution >= 4 is 10.9 Å². The lowest BCUT2D eigenvalue weighted by Crippen LogP contribution is -2.70. The van der Waals surface area contributed by atoms with Crippen molar-refractivity contribution in [2.45, 2.75) is 62.6 Å². The fraction of sp³-hybridized carbons (Fsp3) is 0.583. The molecule has 1 aliphatic heterocycles. The molecule has 7 rings (SSSR count). The highest BCUT2D eigenvalue weighted by atomic mass is 19.4. The van der Waals surface area contributed by atoms with Crippen LogP contribution in [0.2, 0.25) is 0 Å². The van der Waals surface area contributed by atoms with Crippen LogP contribution in [0.1, 0.15) is 66.9 Å². The number of ether oxygens (including phenoxy) is 1. The average Bonchev–Trinajstić information content (AvgIpc) is 3.16. The van der Waals surface area contributed by atoms with Gasteiger partial charge in [0, 0.05) is 49.5 Å². The molecule has 7 nitrogen and oxygen atoms in total. The van der Waals surface area contributed by atoms with Gasteiger partial charge >= 0.3 is 6.18 Å². The van der Waals surface area contributed by atoms with E-state index in [1.807, 2.05) is 13.2 Å². The number of rotatable bonds is 3. The molecular weight excluding hydrogens is 447 g/mol. The van der Waals surface area contributed by atoms with Gasteiger partial charge in [0.15, 0.2) is 0 Å². The Morgan fingerprint density at radius 1 is 1.18 bits per heavy atom. The second kappa shape index (κ2) is 6.90. The first-order valence-electron chi connectivity index (χ1n) is 11.6. The molecule has 180 valence electrons. The molecule has 3 saturated carbocycles. The van der Waals surface area contributed by atoms with Crippen molar-refractivity contribution in [2.75, 3.05) is 6.61 Å². The van der Waals surface area contributed by atoms with Gasteiger partial charge in [-0.05, 0) is 45.1 Å². The molecular formula is C24H26F3N5O2. The number of pyridine rings is 1. The molecule has 2 bridgehead atoms. The standard InChI is InChI=1S/C24H26F3N5O2/c1-13-29-19-16(21(33)32(13)3)7-17(14-4-5-34-18(6-14)15-8-28-31(2)9-15)30-20(19)22-10-23(11-22,12-22)24(25,26)27/h7-9,14,18H,4-6,10-12H2,1-3H3. The van der Waals surface area contributed by atoms with Crippen LogP contribution < -0.4 is 5.56 Å². The Labute approximate surface area is 194 Å². The molecule has 3 aliphatic carbocycles. The van der Waals surface area contributed by atoms with E-state index in [0.29, 0.717) is 35.4 Å². The third kappa shape index (κ3) is 2.93. The molecule has 4 fully saturated rings. The van der Waals surface area contributed by atoms with E-state index < -0.39 is 17.0 Å². The molecule has 4 heterocycles. The van der Waals surface area contributed by atoms with E-state index in [2.05, 4.69) is 10.1 Å². The van der Waals surface area contributed by atoms with Crippen molar-refractivity contribution < 1.29 is 17.9 Å². The fourth-order valence-corrected chi connectivity index (χ4v) is 6.22. The minimum atomic E-state index is -4.21. The number of alkyl halides is 3. The maximum Gasteiger partial charge on any atom is 0.394 e. The second-order valence-electron chi connectivity index (χ2n) is 10.4. The van der Waals surface area contributed by atoms with Crippen LogP contribution in [-0.2, 0) is 24.2 Å². The molecule has 0 spiro atoms. The normalized spacial score (nSPS) is 30.8. The van der Waals surface area contributed by atoms with Gasteiger partial charge in [0.25, 0.3) is 5.56 Å². The van der Waals surface area contributed by atoms with Crippen LogP contribution in [0.5, 0.6) is 0 Å². The van der Waals surface area contributed by atoms with Gasteiger partial charge in [-0.25, -0.2) is 4.98 Å². The summed E-state index contributed by atoms with van der Waals surface area (Å²) in [5, 5.41) is 4.67. The number of aryl methyl sites for hydroxylation is 2. The number of halogens is 3. The minimum Gasteiger partial charge on any atom is -0.373 e. The largest absolute Gasteiger partial charge is 0.394 e. The first-order valence-corrected chi connectivity index (χ1v) is 11.6. The molecule has 0 radical (unpaired) electrons. The topological polar surface area (TPSA) is 74.8 Å². The summed E-state index contributed by atoms with van der Waals surface area (Å²) in [7, 11) is 3.51. The van der Waals surface area contributed by atoms with Crippen LogP contribution in [0, 0.1) is 12.3 Å². The smallest absolute Gasteiger partial charge is 0.373 e. The monoisotopic (exact) mass is 473 g/mol. The fourth-order valence-electron chi connectivity index (χ4n) is 6.22. The summed E-state index contributed by atoms with van der Waals surface area (Å²) in [6.07, 6.45) is 0.831. The molecule has 4 aliphatic rings. The summed E-state index contributed by atoms with van der Waals surface area (Å²) in [6.45, 7) is 2.26. The molecule has 34 heavy (non-hydrogen) atoms. The Kier molecular flexibility index (Phi) is 4.42. The average molecular weight is 473 g/mol. The van der Waals surface area contributed by atoms with Gasteiger partial charge in [-0.1, -0.05) is 0 Å². The molecule has 2 unspecified atom stereocenters. The van der Waals surface area contributed by atoms with Gasteiger partial charge in [0.2, 0.25) is 0 Å². The van der Waals surface area contributed by atoms with Crippen molar-refractivity contribution in [3.05, 3.63) is 51.6 Å². The zero-order chi connectivity index (χ0) is 24.0. The summed E-state index contributed by atoms with van der Waals surface area (Å²) in [5.41, 5.74) is 0.299. The quantitative estimate of drug-likeness (QED) is 0.575. The van der Waals surface area contributed by atoms with E-state index in [1.165, 1.54) is 4.57 Å². The SMILES string of the molecule is Cc1nc2c(C34CC(C(F)(F)F)(C3)C4)nc(C3CCOC(c4cnn(C)c4)C3)cc2c(=O)n1C. The van der Waals surface area contributed by atoms with E-state index in [0.717, 1.165) is 17.7 Å². The summed E-state index contributed by atoms with van der Waals surface area (Å²) in [5.74, 6) is 0.546. The maximum absolute atomic E-state index is 13.6. The summed E-state index contributed by atoms with van der Waals surface area (Å²) in [4.78, 5) is 22.8. The highest BCUT2D eigenvalue weighted by molar-refractivity contribution is 5.82. The van der Waals surface area contributed by atoms with Crippen LogP contribution in [-0.4, -0.2) is 37.1 Å². The van der Waals surface area contributed by atoms with Crippen molar-refractivity contribution in [2.24, 2.45) is 19.5 Å². The Morgan fingerprint density at radius 2 is 1.91 bits per heavy atom. The minimum absolute atomic E-state index is 0.0249. The van der Waals surface area contributed by atoms with Gasteiger partial charge in [-0.3, -0.25) is 19.0 Å². The molecule has 2 atom stereocenters. The highest BCUT2D eigenvalue weighted by Crippen LogP contribution is 2.78. The van der Waals surface area contributed by atoms with Crippen molar-refractivity contribution in [3.8, 4) is 0 Å². The lowest BCUT2D eigenvalue weighted by molar-refractivity contribution is -0.337. The number of nitrogens with zero attached hydrogens (tertiary/aromatic N) is 5. The molecule has 3 aromatic heterocycles. The molecule has 10 heteroatoms. The summed E-state index contributed by atoms with van der Waals surface area (Å²) in [6, 6.07) is 1.80. The first-order chi connectivity index (χ1) is 16.0. The van der Waals surface area contributed by atoms with Gasteiger partial charge in [0.1, 0.15) is 5.82 Å². The van der Waals surface area contributed by atoms with Crippen LogP contribution in [0.25, 0.3) is 10.9 Å². The van der Waals surface area contributed by atoms with Crippen LogP contribution in [0.3, 0.4) is 0 Å². The number of hydrogen-bond acceptors (Lipinski definition) is 5. The zero-order valence-corrected chi connectivity index (χ0v) is 19.3. The van der Waals surface area contributed by atoms with Gasteiger partial charge in [-0.2, -0.15) is 18.3 Å². The molecule has 1 saturated heterocycles. The van der Waals surface area contributed by atoms with Crippen LogP contribution >= 0.6 is 0 Å². The summed E-state index contributed by atoms with van der Waals surface area (Å²) >= 11 is 0. The predicted octanol–water partition coefficient (Wildman–Crippen LogP) is 3.99. The van der Waals surface area contributed by atoms with E-state index in [9.17, 15) is 18.0 Å². The second-order valence-corrected chi connectivity index (χ2v) is 10.4. The van der Waals surface area contributed by atoms with E-state index >= 15 is 0 Å². The van der Waals surface area contributed by atoms with E-state index in [1.54, 1.807) is 30.9 Å². The zero-order valence-electron chi connectivity index (χ0n) is 19.3. The Morgan fingerprint density at radius 3 is 2.56 bits per heavy atom. The number of fused-ring (bicyclic) bond motifs is 1. The molecule has 0 aromatic carbocycles. The lowest BCUT2D eigenvalue weighted by atomic mass is 9.34. The number of hydrogen-bond donors (Lipinski definition) is 0. The molecule has 0 amide bonds. The van der Waals surface area contributed by atoms with Crippen molar-refractivity contribution in [3.63, 3.8) is 0 Å². The van der Waals surface area contributed by atoms with Crippen molar-refractivity contribution in [1.82, 2.24) is 24.3 Å². The first kappa shape index (κ1) is 21.8. The molecule has 0 N–H and O–H groups in total. The van der Waals surface area contributed by atoms with Gasteiger partial charge < -0.3 is 4.74 Å². The van der Waals surface area contributed by atoms with Crippen molar-refractivity contribution in [1.29, 1.82) is 0 Å². The van der Waals surface area contributed by atoms with Crippen LogP contribution in [0.4, 0.5) is 13.2 Å².